The fraction of sp³-hybridized carbons (Fsp3) is 0.333. The van der Waals surface area contributed by atoms with Crippen LogP contribution < -0.4 is 15.4 Å². The number of benzene rings is 1. The van der Waals surface area contributed by atoms with E-state index in [1.54, 1.807) is 24.4 Å². The summed E-state index contributed by atoms with van der Waals surface area (Å²) in [5, 5.41) is 9.61. The number of pyridine rings is 2. The summed E-state index contributed by atoms with van der Waals surface area (Å²) in [6.45, 7) is 1.85. The predicted molar refractivity (Wildman–Crippen MR) is 146 cm³/mol. The van der Waals surface area contributed by atoms with Crippen LogP contribution in [-0.4, -0.2) is 52.2 Å². The Morgan fingerprint density at radius 2 is 1.84 bits per heavy atom. The van der Waals surface area contributed by atoms with Crippen molar-refractivity contribution in [2.45, 2.75) is 37.8 Å². The van der Waals surface area contributed by atoms with Gasteiger partial charge >= 0.3 is 0 Å². The topological polar surface area (TPSA) is 108 Å². The second-order valence-corrected chi connectivity index (χ2v) is 10.4. The molecule has 2 aliphatic rings. The third-order valence-corrected chi connectivity index (χ3v) is 8.23. The highest BCUT2D eigenvalue weighted by Crippen LogP contribution is 2.38. The minimum atomic E-state index is -0.00562. The van der Waals surface area contributed by atoms with E-state index in [-0.39, 0.29) is 23.8 Å². The van der Waals surface area contributed by atoms with Crippen LogP contribution in [0.25, 0.3) is 0 Å². The van der Waals surface area contributed by atoms with E-state index < -0.39 is 0 Å². The van der Waals surface area contributed by atoms with Gasteiger partial charge in [-0.2, -0.15) is 0 Å². The smallest absolute Gasteiger partial charge is 0.222 e. The van der Waals surface area contributed by atoms with Crippen LogP contribution in [0.1, 0.15) is 42.4 Å². The van der Waals surface area contributed by atoms with Crippen LogP contribution >= 0.6 is 23.2 Å². The van der Waals surface area contributed by atoms with Gasteiger partial charge in [0.25, 0.3) is 0 Å². The molecular formula is C27H28Cl2N6O2. The lowest BCUT2D eigenvalue weighted by atomic mass is 9.85. The summed E-state index contributed by atoms with van der Waals surface area (Å²) in [5.74, 6) is 1.66. The number of ether oxygens (including phenoxy) is 1. The van der Waals surface area contributed by atoms with Crippen molar-refractivity contribution in [1.29, 1.82) is 5.41 Å². The summed E-state index contributed by atoms with van der Waals surface area (Å²) in [7, 11) is 1.93. The molecule has 0 bridgehead atoms. The number of nitrogen functional groups attached to an aromatic ring is 1. The molecule has 5 rings (SSSR count). The first kappa shape index (κ1) is 25.3. The third-order valence-electron chi connectivity index (χ3n) is 7.57. The Hall–Kier alpha value is -3.36. The summed E-state index contributed by atoms with van der Waals surface area (Å²) in [4.78, 5) is 24.8. The minimum absolute atomic E-state index is 0.00562. The van der Waals surface area contributed by atoms with Crippen LogP contribution in [0.3, 0.4) is 0 Å². The van der Waals surface area contributed by atoms with Gasteiger partial charge in [-0.15, -0.1) is 0 Å². The molecule has 2 aromatic heterocycles. The Bertz CT molecular complexity index is 1320. The molecule has 1 amide bonds. The highest BCUT2D eigenvalue weighted by atomic mass is 35.5. The number of hydrogen-bond acceptors (Lipinski definition) is 7. The number of aromatic nitrogens is 2. The van der Waals surface area contributed by atoms with Gasteiger partial charge in [-0.25, -0.2) is 4.98 Å². The minimum Gasteiger partial charge on any atom is -0.489 e. The lowest BCUT2D eigenvalue weighted by molar-refractivity contribution is -0.130. The number of rotatable bonds is 6. The predicted octanol–water partition coefficient (Wildman–Crippen LogP) is 4.95. The maximum absolute atomic E-state index is 12.0. The summed E-state index contributed by atoms with van der Waals surface area (Å²) >= 11 is 12.4. The van der Waals surface area contributed by atoms with Gasteiger partial charge in [-0.05, 0) is 49.6 Å². The molecule has 2 aliphatic heterocycles. The van der Waals surface area contributed by atoms with Gasteiger partial charge in [0.1, 0.15) is 18.2 Å². The van der Waals surface area contributed by atoms with Gasteiger partial charge in [-0.1, -0.05) is 23.2 Å². The van der Waals surface area contributed by atoms with Crippen molar-refractivity contribution in [2.24, 2.45) is 0 Å². The van der Waals surface area contributed by atoms with E-state index in [0.717, 1.165) is 38.2 Å². The van der Waals surface area contributed by atoms with Crippen molar-refractivity contribution in [3.05, 3.63) is 75.7 Å². The van der Waals surface area contributed by atoms with Crippen molar-refractivity contribution >= 4 is 46.3 Å². The van der Waals surface area contributed by atoms with Crippen molar-refractivity contribution in [3.63, 3.8) is 0 Å². The van der Waals surface area contributed by atoms with Gasteiger partial charge in [0, 0.05) is 73.1 Å². The largest absolute Gasteiger partial charge is 0.489 e. The number of nitrogens with two attached hydrogens (primary N) is 1. The molecule has 1 spiro atoms. The zero-order chi connectivity index (χ0) is 26.2. The van der Waals surface area contributed by atoms with Crippen LogP contribution in [0, 0.1) is 5.41 Å². The van der Waals surface area contributed by atoms with E-state index in [1.807, 2.05) is 24.1 Å². The molecule has 1 aromatic carbocycles. The molecule has 8 nitrogen and oxygen atoms in total. The molecule has 0 atom stereocenters. The molecule has 10 heteroatoms. The molecular weight excluding hydrogens is 511 g/mol. The molecule has 192 valence electrons. The van der Waals surface area contributed by atoms with Crippen LogP contribution in [0.2, 0.25) is 10.0 Å². The number of carbonyl (C=O) groups excluding carboxylic acids is 1. The van der Waals surface area contributed by atoms with Gasteiger partial charge in [-0.3, -0.25) is 15.2 Å². The van der Waals surface area contributed by atoms with E-state index in [4.69, 9.17) is 39.1 Å². The van der Waals surface area contributed by atoms with Crippen LogP contribution in [-0.2, 0) is 11.4 Å². The number of halogens is 2. The Morgan fingerprint density at radius 1 is 1.11 bits per heavy atom. The molecule has 0 unspecified atom stereocenters. The van der Waals surface area contributed by atoms with Gasteiger partial charge in [0.2, 0.25) is 5.91 Å². The monoisotopic (exact) mass is 538 g/mol. The fourth-order valence-corrected chi connectivity index (χ4v) is 5.60. The van der Waals surface area contributed by atoms with Gasteiger partial charge < -0.3 is 20.3 Å². The molecule has 2 fully saturated rings. The number of amides is 1. The Labute approximate surface area is 225 Å². The van der Waals surface area contributed by atoms with Crippen molar-refractivity contribution in [3.8, 4) is 5.75 Å². The zero-order valence-electron chi connectivity index (χ0n) is 20.5. The van der Waals surface area contributed by atoms with Crippen molar-refractivity contribution in [2.75, 3.05) is 30.8 Å². The molecule has 37 heavy (non-hydrogen) atoms. The highest BCUT2D eigenvalue weighted by Gasteiger charge is 2.44. The Balaban J connectivity index is 1.26. The van der Waals surface area contributed by atoms with E-state index in [2.05, 4.69) is 14.9 Å². The maximum atomic E-state index is 12.0. The summed E-state index contributed by atoms with van der Waals surface area (Å²) < 4.78 is 5.89. The van der Waals surface area contributed by atoms with E-state index in [0.29, 0.717) is 44.6 Å². The SMILES string of the molecule is CN1C(=O)CCC12CCN(c1ccc(C(=N)c3cc(OCc4c(Cl)cncc4Cl)ccc3N)cn1)CC2. The summed E-state index contributed by atoms with van der Waals surface area (Å²) in [6.07, 6.45) is 8.20. The number of carbonyl (C=O) groups is 1. The van der Waals surface area contributed by atoms with Crippen molar-refractivity contribution in [1.82, 2.24) is 14.9 Å². The molecule has 3 N–H and O–H groups in total. The fourth-order valence-electron chi connectivity index (χ4n) is 5.13. The van der Waals surface area contributed by atoms with E-state index in [1.165, 1.54) is 12.4 Å². The molecule has 2 saturated heterocycles. The first-order valence-corrected chi connectivity index (χ1v) is 12.9. The standard InChI is InChI=1S/C27H28Cl2N6O2/c1-34-25(36)6-7-27(34)8-10-35(11-9-27)24-5-2-17(13-33-24)26(31)19-12-18(3-4-23(19)30)37-16-20-21(28)14-32-15-22(20)29/h2-5,12-15,31H,6-11,16,30H2,1H3. The van der Waals surface area contributed by atoms with Crippen LogP contribution in [0.4, 0.5) is 11.5 Å². The number of nitrogens with zero attached hydrogens (tertiary/aromatic N) is 4. The summed E-state index contributed by atoms with van der Waals surface area (Å²) in [5.41, 5.74) is 8.77. The Morgan fingerprint density at radius 3 is 2.46 bits per heavy atom. The average Bonchev–Trinajstić information content (AvgIpc) is 3.18. The first-order valence-electron chi connectivity index (χ1n) is 12.1. The number of piperidine rings is 1. The maximum Gasteiger partial charge on any atom is 0.222 e. The zero-order valence-corrected chi connectivity index (χ0v) is 22.0. The number of likely N-dealkylation sites (tertiary alicyclic amines) is 1. The number of anilines is 2. The first-order chi connectivity index (χ1) is 17.8. The second-order valence-electron chi connectivity index (χ2n) is 9.56. The highest BCUT2D eigenvalue weighted by molar-refractivity contribution is 6.35. The second kappa shape index (κ2) is 10.2. The van der Waals surface area contributed by atoms with Gasteiger partial charge in [0.05, 0.1) is 15.8 Å². The van der Waals surface area contributed by atoms with Crippen LogP contribution in [0.5, 0.6) is 5.75 Å². The Kier molecular flexibility index (Phi) is 6.96. The van der Waals surface area contributed by atoms with E-state index >= 15 is 0 Å². The lowest BCUT2D eigenvalue weighted by Crippen LogP contribution is -2.51. The third kappa shape index (κ3) is 4.95. The molecule has 0 radical (unpaired) electrons. The van der Waals surface area contributed by atoms with Crippen LogP contribution in [0.15, 0.2) is 48.9 Å². The number of nitrogens with one attached hydrogen (secondary N) is 1. The van der Waals surface area contributed by atoms with E-state index in [9.17, 15) is 4.79 Å². The molecule has 0 saturated carbocycles. The van der Waals surface area contributed by atoms with Gasteiger partial charge in [0.15, 0.2) is 0 Å². The van der Waals surface area contributed by atoms with Crippen molar-refractivity contribution < 1.29 is 9.53 Å². The normalized spacial score (nSPS) is 16.9. The molecule has 3 aromatic rings. The summed E-state index contributed by atoms with van der Waals surface area (Å²) in [6, 6.07) is 9.03. The average molecular weight is 539 g/mol. The number of hydrogen-bond donors (Lipinski definition) is 2. The lowest BCUT2D eigenvalue weighted by Gasteiger charge is -2.43. The molecule has 0 aliphatic carbocycles. The quantitative estimate of drug-likeness (QED) is 0.339. The molecule has 4 heterocycles.